The summed E-state index contributed by atoms with van der Waals surface area (Å²) < 4.78 is 0. The maximum atomic E-state index is 6.90. The lowest BCUT2D eigenvalue weighted by Gasteiger charge is -2.46. The van der Waals surface area contributed by atoms with E-state index in [9.17, 15) is 0 Å². The lowest BCUT2D eigenvalue weighted by Crippen LogP contribution is -2.58. The van der Waals surface area contributed by atoms with E-state index >= 15 is 0 Å². The first kappa shape index (κ1) is 15.8. The molecule has 0 saturated carbocycles. The van der Waals surface area contributed by atoms with Crippen LogP contribution in [0.4, 0.5) is 0 Å². The van der Waals surface area contributed by atoms with Crippen LogP contribution in [0.15, 0.2) is 24.3 Å². The van der Waals surface area contributed by atoms with Gasteiger partial charge < -0.3 is 5.73 Å². The molecule has 1 heterocycles. The maximum absolute atomic E-state index is 6.90. The molecule has 1 aromatic carbocycles. The predicted octanol–water partition coefficient (Wildman–Crippen LogP) is 4.02. The van der Waals surface area contributed by atoms with Crippen molar-refractivity contribution in [2.45, 2.75) is 51.6 Å². The van der Waals surface area contributed by atoms with Gasteiger partial charge >= 0.3 is 0 Å². The molecule has 0 aliphatic carbocycles. The van der Waals surface area contributed by atoms with Gasteiger partial charge in [0.2, 0.25) is 0 Å². The quantitative estimate of drug-likeness (QED) is 0.908. The number of nitrogens with zero attached hydrogens (tertiary/aromatic N) is 1. The minimum absolute atomic E-state index is 0.331. The number of hydrogen-bond acceptors (Lipinski definition) is 2. The van der Waals surface area contributed by atoms with Crippen molar-refractivity contribution in [1.29, 1.82) is 0 Å². The Bertz CT molecular complexity index is 423. The van der Waals surface area contributed by atoms with Crippen molar-refractivity contribution in [1.82, 2.24) is 4.90 Å². The van der Waals surface area contributed by atoms with Gasteiger partial charge in [0.1, 0.15) is 0 Å². The minimum atomic E-state index is -0.331. The molecule has 2 atom stereocenters. The summed E-state index contributed by atoms with van der Waals surface area (Å²) in [6.45, 7) is 9.05. The van der Waals surface area contributed by atoms with Crippen molar-refractivity contribution in [3.63, 3.8) is 0 Å². The molecular formula is C17H27ClN2. The number of nitrogens with two attached hydrogens (primary N) is 1. The summed E-state index contributed by atoms with van der Waals surface area (Å²) in [5, 5.41) is 0.769. The molecule has 3 heteroatoms. The first-order valence-electron chi connectivity index (χ1n) is 7.75. The zero-order valence-electron chi connectivity index (χ0n) is 12.9. The van der Waals surface area contributed by atoms with Crippen LogP contribution in [0.25, 0.3) is 0 Å². The second-order valence-corrected chi connectivity index (χ2v) is 6.80. The van der Waals surface area contributed by atoms with E-state index in [1.54, 1.807) is 0 Å². The van der Waals surface area contributed by atoms with E-state index in [0.29, 0.717) is 12.0 Å². The molecule has 1 aromatic rings. The number of piperidine rings is 1. The standard InChI is InChI=1S/C17H27ClN2/c1-13(2)17(19,15-7-9-16(18)10-8-15)14(3)20-11-5-4-6-12-20/h7-10,13-14H,4-6,11-12,19H2,1-3H3. The molecule has 1 saturated heterocycles. The van der Waals surface area contributed by atoms with Crippen LogP contribution in [-0.4, -0.2) is 24.0 Å². The molecule has 2 rings (SSSR count). The van der Waals surface area contributed by atoms with E-state index in [-0.39, 0.29) is 5.54 Å². The molecule has 1 fully saturated rings. The highest BCUT2D eigenvalue weighted by atomic mass is 35.5. The highest BCUT2D eigenvalue weighted by molar-refractivity contribution is 6.30. The van der Waals surface area contributed by atoms with E-state index in [0.717, 1.165) is 5.02 Å². The summed E-state index contributed by atoms with van der Waals surface area (Å²) in [7, 11) is 0. The second kappa shape index (κ2) is 6.46. The lowest BCUT2D eigenvalue weighted by molar-refractivity contribution is 0.0824. The summed E-state index contributed by atoms with van der Waals surface area (Å²) in [5.41, 5.74) is 7.76. The fourth-order valence-electron chi connectivity index (χ4n) is 3.40. The number of hydrogen-bond donors (Lipinski definition) is 1. The van der Waals surface area contributed by atoms with Crippen LogP contribution in [0, 0.1) is 5.92 Å². The summed E-state index contributed by atoms with van der Waals surface area (Å²) in [4.78, 5) is 2.55. The van der Waals surface area contributed by atoms with Crippen LogP contribution in [0.5, 0.6) is 0 Å². The number of rotatable bonds is 4. The van der Waals surface area contributed by atoms with E-state index in [2.05, 4.69) is 37.8 Å². The second-order valence-electron chi connectivity index (χ2n) is 6.37. The van der Waals surface area contributed by atoms with Gasteiger partial charge in [0.05, 0.1) is 5.54 Å². The molecule has 0 aromatic heterocycles. The van der Waals surface area contributed by atoms with Gasteiger partial charge in [-0.2, -0.15) is 0 Å². The molecule has 112 valence electrons. The van der Waals surface area contributed by atoms with Gasteiger partial charge in [-0.25, -0.2) is 0 Å². The molecule has 0 bridgehead atoms. The Hall–Kier alpha value is -0.570. The zero-order chi connectivity index (χ0) is 14.8. The Morgan fingerprint density at radius 2 is 1.60 bits per heavy atom. The number of halogens is 1. The topological polar surface area (TPSA) is 29.3 Å². The first-order chi connectivity index (χ1) is 9.46. The summed E-state index contributed by atoms with van der Waals surface area (Å²) in [6.07, 6.45) is 3.93. The molecule has 2 N–H and O–H groups in total. The normalized spacial score (nSPS) is 21.7. The van der Waals surface area contributed by atoms with Crippen LogP contribution in [-0.2, 0) is 5.54 Å². The van der Waals surface area contributed by atoms with Gasteiger partial charge in [-0.15, -0.1) is 0 Å². The van der Waals surface area contributed by atoms with Gasteiger partial charge in [-0.3, -0.25) is 4.90 Å². The van der Waals surface area contributed by atoms with Crippen LogP contribution in [0.3, 0.4) is 0 Å². The average Bonchev–Trinajstić information content (AvgIpc) is 2.47. The largest absolute Gasteiger partial charge is 0.320 e. The van der Waals surface area contributed by atoms with E-state index in [4.69, 9.17) is 17.3 Å². The highest BCUT2D eigenvalue weighted by Gasteiger charge is 2.40. The predicted molar refractivity (Wildman–Crippen MR) is 87.0 cm³/mol. The van der Waals surface area contributed by atoms with Crippen molar-refractivity contribution in [2.24, 2.45) is 11.7 Å². The minimum Gasteiger partial charge on any atom is -0.320 e. The van der Waals surface area contributed by atoms with Gasteiger partial charge in [0.25, 0.3) is 0 Å². The summed E-state index contributed by atoms with van der Waals surface area (Å²) in [5.74, 6) is 0.376. The van der Waals surface area contributed by atoms with Crippen LogP contribution < -0.4 is 5.73 Å². The van der Waals surface area contributed by atoms with Crippen molar-refractivity contribution in [3.8, 4) is 0 Å². The highest BCUT2D eigenvalue weighted by Crippen LogP contribution is 2.34. The third kappa shape index (κ3) is 3.03. The zero-order valence-corrected chi connectivity index (χ0v) is 13.7. The maximum Gasteiger partial charge on any atom is 0.0587 e. The van der Waals surface area contributed by atoms with Gasteiger partial charge in [0, 0.05) is 11.1 Å². The molecule has 2 unspecified atom stereocenters. The SMILES string of the molecule is CC(C)C(N)(c1ccc(Cl)cc1)C(C)N1CCCCC1. The Labute approximate surface area is 128 Å². The Morgan fingerprint density at radius 1 is 1.05 bits per heavy atom. The first-order valence-corrected chi connectivity index (χ1v) is 8.13. The molecule has 0 radical (unpaired) electrons. The average molecular weight is 295 g/mol. The van der Waals surface area contributed by atoms with Crippen LogP contribution >= 0.6 is 11.6 Å². The number of likely N-dealkylation sites (tertiary alicyclic amines) is 1. The van der Waals surface area contributed by atoms with Crippen molar-refractivity contribution in [3.05, 3.63) is 34.9 Å². The van der Waals surface area contributed by atoms with E-state index in [1.807, 2.05) is 12.1 Å². The van der Waals surface area contributed by atoms with Crippen molar-refractivity contribution < 1.29 is 0 Å². The smallest absolute Gasteiger partial charge is 0.0587 e. The van der Waals surface area contributed by atoms with Crippen molar-refractivity contribution >= 4 is 11.6 Å². The molecule has 0 spiro atoms. The summed E-state index contributed by atoms with van der Waals surface area (Å²) >= 11 is 6.02. The Morgan fingerprint density at radius 3 is 2.10 bits per heavy atom. The summed E-state index contributed by atoms with van der Waals surface area (Å²) in [6, 6.07) is 8.41. The fraction of sp³-hybridized carbons (Fsp3) is 0.647. The monoisotopic (exact) mass is 294 g/mol. The lowest BCUT2D eigenvalue weighted by atomic mass is 9.74. The molecular weight excluding hydrogens is 268 g/mol. The molecule has 2 nitrogen and oxygen atoms in total. The molecule has 20 heavy (non-hydrogen) atoms. The van der Waals surface area contributed by atoms with Gasteiger partial charge in [0.15, 0.2) is 0 Å². The molecule has 0 amide bonds. The van der Waals surface area contributed by atoms with Crippen molar-refractivity contribution in [2.75, 3.05) is 13.1 Å². The van der Waals surface area contributed by atoms with E-state index in [1.165, 1.54) is 37.9 Å². The Kier molecular flexibility index (Phi) is 5.11. The third-order valence-electron chi connectivity index (χ3n) is 4.93. The third-order valence-corrected chi connectivity index (χ3v) is 5.18. The van der Waals surface area contributed by atoms with Crippen LogP contribution in [0.2, 0.25) is 5.02 Å². The van der Waals surface area contributed by atoms with Crippen LogP contribution in [0.1, 0.15) is 45.6 Å². The van der Waals surface area contributed by atoms with E-state index < -0.39 is 0 Å². The molecule has 1 aliphatic heterocycles. The van der Waals surface area contributed by atoms with Gasteiger partial charge in [-0.05, 0) is 56.5 Å². The Balaban J connectivity index is 2.30. The number of benzene rings is 1. The molecule has 1 aliphatic rings. The van der Waals surface area contributed by atoms with Gasteiger partial charge in [-0.1, -0.05) is 44.0 Å². The fourth-order valence-corrected chi connectivity index (χ4v) is 3.53.